The van der Waals surface area contributed by atoms with Gasteiger partial charge in [-0.25, -0.2) is 29.5 Å². The zero-order chi connectivity index (χ0) is 54.5. The quantitative estimate of drug-likeness (QED) is 0.0280. The van der Waals surface area contributed by atoms with Gasteiger partial charge in [0.05, 0.1) is 23.3 Å². The van der Waals surface area contributed by atoms with Crippen molar-refractivity contribution in [3.05, 3.63) is 166 Å². The first-order chi connectivity index (χ1) is 37.7. The molecule has 4 unspecified atom stereocenters. The van der Waals surface area contributed by atoms with Gasteiger partial charge in [-0.3, -0.25) is 0 Å². The van der Waals surface area contributed by atoms with Crippen LogP contribution in [0.1, 0.15) is 249 Å². The van der Waals surface area contributed by atoms with Crippen molar-refractivity contribution < 1.29 is 23.8 Å². The van der Waals surface area contributed by atoms with Crippen molar-refractivity contribution >= 4 is 11.9 Å². The van der Waals surface area contributed by atoms with Gasteiger partial charge in [0.2, 0.25) is 0 Å². The summed E-state index contributed by atoms with van der Waals surface area (Å²) in [6, 6.07) is 31.7. The summed E-state index contributed by atoms with van der Waals surface area (Å²) in [5, 5.41) is 0. The Morgan fingerprint density at radius 1 is 0.377 bits per heavy atom. The van der Waals surface area contributed by atoms with Crippen LogP contribution in [0.25, 0.3) is 22.8 Å². The van der Waals surface area contributed by atoms with Gasteiger partial charge in [0, 0.05) is 35.9 Å². The maximum atomic E-state index is 13.5. The lowest BCUT2D eigenvalue weighted by Crippen LogP contribution is -2.16. The van der Waals surface area contributed by atoms with Crippen LogP contribution in [0.4, 0.5) is 0 Å². The fraction of sp³-hybridized carbons (Fsp3) is 0.500. The van der Waals surface area contributed by atoms with Crippen LogP contribution in [-0.2, 0) is 27.1 Å². The second-order valence-corrected chi connectivity index (χ2v) is 21.4. The molecule has 0 bridgehead atoms. The Kier molecular flexibility index (Phi) is 26.5. The lowest BCUT2D eigenvalue weighted by molar-refractivity contribution is 0.0298. The van der Waals surface area contributed by atoms with Crippen LogP contribution in [0, 0.1) is 0 Å². The molecule has 0 saturated carbocycles. The van der Waals surface area contributed by atoms with E-state index >= 15 is 0 Å². The number of hydrogen-bond acceptors (Lipinski definition) is 9. The molecule has 412 valence electrons. The maximum Gasteiger partial charge on any atom is 0.338 e. The van der Waals surface area contributed by atoms with E-state index in [0.717, 1.165) is 122 Å². The Morgan fingerprint density at radius 2 is 0.662 bits per heavy atom. The SMILES string of the molecule is CCCCCCCCc1cnc(-c2ccc(C(OC(c3ccc(C(=O)OC(C)CCCCCC)cc3)c3ccc(-c4ncc(CCCCCCCC)cn4)cc3)c3ccc(C(=O)OC(C)CCCCCC)cc3)cc2)nc1. The molecule has 0 aliphatic carbocycles. The standard InChI is InChI=1S/C68H90N4O5/c1-7-11-15-19-21-25-29-53-47-69-65(70-48-53)59-39-31-55(32-40-59)63(57-35-43-61(44-36-57)67(73)75-51(5)27-23-17-13-9-3)77-64(58-37-45-62(46-38-58)68(74)76-52(6)28-24-18-14-10-4)56-33-41-60(42-34-56)66-71-49-54(50-72-66)30-26-22-20-16-12-8-2/h31-52,63-64H,7-30H2,1-6H3. The molecular weight excluding hydrogens is 953 g/mol. The summed E-state index contributed by atoms with van der Waals surface area (Å²) >= 11 is 0. The first-order valence-corrected chi connectivity index (χ1v) is 29.8. The van der Waals surface area contributed by atoms with Crippen LogP contribution in [0.3, 0.4) is 0 Å². The van der Waals surface area contributed by atoms with E-state index in [2.05, 4.69) is 76.2 Å². The smallest absolute Gasteiger partial charge is 0.338 e. The normalized spacial score (nSPS) is 13.0. The van der Waals surface area contributed by atoms with E-state index in [1.54, 1.807) is 0 Å². The van der Waals surface area contributed by atoms with Crippen molar-refractivity contribution in [2.45, 2.75) is 220 Å². The minimum absolute atomic E-state index is 0.172. The van der Waals surface area contributed by atoms with Crippen molar-refractivity contribution in [2.75, 3.05) is 0 Å². The number of unbranched alkanes of at least 4 members (excludes halogenated alkanes) is 16. The van der Waals surface area contributed by atoms with Gasteiger partial charge in [-0.15, -0.1) is 0 Å². The molecule has 9 heteroatoms. The van der Waals surface area contributed by atoms with Gasteiger partial charge in [-0.2, -0.15) is 0 Å². The van der Waals surface area contributed by atoms with Crippen LogP contribution in [-0.4, -0.2) is 44.1 Å². The zero-order valence-corrected chi connectivity index (χ0v) is 47.7. The first-order valence-electron chi connectivity index (χ1n) is 29.8. The van der Waals surface area contributed by atoms with Gasteiger partial charge in [-0.1, -0.05) is 203 Å². The summed E-state index contributed by atoms with van der Waals surface area (Å²) in [7, 11) is 0. The fourth-order valence-corrected chi connectivity index (χ4v) is 9.86. The maximum absolute atomic E-state index is 13.5. The topological polar surface area (TPSA) is 113 Å². The molecule has 9 nitrogen and oxygen atoms in total. The predicted molar refractivity (Wildman–Crippen MR) is 314 cm³/mol. The molecule has 4 aromatic carbocycles. The number of benzene rings is 4. The van der Waals surface area contributed by atoms with Crippen LogP contribution < -0.4 is 0 Å². The van der Waals surface area contributed by atoms with Gasteiger partial charge in [0.15, 0.2) is 11.6 Å². The minimum atomic E-state index is -0.586. The van der Waals surface area contributed by atoms with E-state index in [4.69, 9.17) is 34.1 Å². The van der Waals surface area contributed by atoms with E-state index in [0.29, 0.717) is 22.8 Å². The molecule has 0 fully saturated rings. The molecule has 0 spiro atoms. The average Bonchev–Trinajstić information content (AvgIpc) is 3.46. The number of rotatable bonds is 36. The Labute approximate surface area is 462 Å². The number of aromatic nitrogens is 4. The van der Waals surface area contributed by atoms with E-state index in [-0.39, 0.29) is 24.1 Å². The summed E-state index contributed by atoms with van der Waals surface area (Å²) in [4.78, 5) is 46.1. The van der Waals surface area contributed by atoms with Crippen LogP contribution in [0.5, 0.6) is 0 Å². The third-order valence-corrected chi connectivity index (χ3v) is 14.7. The summed E-state index contributed by atoms with van der Waals surface area (Å²) in [6.07, 6.45) is 34.0. The molecule has 6 aromatic rings. The van der Waals surface area contributed by atoms with Gasteiger partial charge < -0.3 is 14.2 Å². The van der Waals surface area contributed by atoms with Gasteiger partial charge in [-0.05, 0) is 123 Å². The molecule has 2 aromatic heterocycles. The fourth-order valence-electron chi connectivity index (χ4n) is 9.86. The van der Waals surface area contributed by atoms with Gasteiger partial charge in [0.25, 0.3) is 0 Å². The summed E-state index contributed by atoms with van der Waals surface area (Å²) in [5.41, 5.74) is 8.65. The molecule has 0 N–H and O–H groups in total. The van der Waals surface area contributed by atoms with Crippen LogP contribution >= 0.6 is 0 Å². The second kappa shape index (κ2) is 34.0. The monoisotopic (exact) mass is 1040 g/mol. The third-order valence-electron chi connectivity index (χ3n) is 14.7. The summed E-state index contributed by atoms with van der Waals surface area (Å²) in [5.74, 6) is 0.667. The lowest BCUT2D eigenvalue weighted by Gasteiger charge is -2.27. The highest BCUT2D eigenvalue weighted by atomic mass is 16.5. The highest BCUT2D eigenvalue weighted by Gasteiger charge is 2.26. The van der Waals surface area contributed by atoms with Crippen molar-refractivity contribution in [1.29, 1.82) is 0 Å². The molecule has 77 heavy (non-hydrogen) atoms. The predicted octanol–water partition coefficient (Wildman–Crippen LogP) is 18.3. The van der Waals surface area contributed by atoms with E-state index < -0.39 is 12.2 Å². The van der Waals surface area contributed by atoms with Crippen LogP contribution in [0.2, 0.25) is 0 Å². The molecule has 0 aliphatic heterocycles. The Balaban J connectivity index is 1.29. The number of hydrogen-bond donors (Lipinski definition) is 0. The van der Waals surface area contributed by atoms with Gasteiger partial charge >= 0.3 is 11.9 Å². The van der Waals surface area contributed by atoms with Crippen LogP contribution in [0.15, 0.2) is 122 Å². The largest absolute Gasteiger partial charge is 0.459 e. The number of carbonyl (C=O) groups excluding carboxylic acids is 2. The molecule has 0 radical (unpaired) electrons. The highest BCUT2D eigenvalue weighted by molar-refractivity contribution is 5.90. The Hall–Kier alpha value is -6.06. The van der Waals surface area contributed by atoms with Crippen molar-refractivity contribution in [1.82, 2.24) is 19.9 Å². The van der Waals surface area contributed by atoms with Crippen molar-refractivity contribution in [2.24, 2.45) is 0 Å². The number of nitrogens with zero attached hydrogens (tertiary/aromatic N) is 4. The molecule has 0 aliphatic rings. The zero-order valence-electron chi connectivity index (χ0n) is 47.7. The molecule has 2 heterocycles. The molecule has 4 atom stereocenters. The van der Waals surface area contributed by atoms with E-state index in [1.165, 1.54) is 77.0 Å². The second-order valence-electron chi connectivity index (χ2n) is 21.4. The molecule has 0 amide bonds. The number of esters is 2. The number of aryl methyl sites for hydroxylation is 2. The van der Waals surface area contributed by atoms with Crippen molar-refractivity contribution in [3.63, 3.8) is 0 Å². The summed E-state index contributed by atoms with van der Waals surface area (Å²) in [6.45, 7) is 12.8. The van der Waals surface area contributed by atoms with Crippen molar-refractivity contribution in [3.8, 4) is 22.8 Å². The average molecular weight is 1040 g/mol. The molecule has 6 rings (SSSR count). The first kappa shape index (κ1) is 60.2. The molecule has 0 saturated heterocycles. The third kappa shape index (κ3) is 20.4. The Morgan fingerprint density at radius 3 is 0.987 bits per heavy atom. The van der Waals surface area contributed by atoms with E-state index in [1.807, 2.05) is 87.2 Å². The van der Waals surface area contributed by atoms with E-state index in [9.17, 15) is 9.59 Å². The van der Waals surface area contributed by atoms with Gasteiger partial charge in [0.1, 0.15) is 12.2 Å². The minimum Gasteiger partial charge on any atom is -0.459 e. The number of ether oxygens (including phenoxy) is 3. The number of carbonyl (C=O) groups is 2. The summed E-state index contributed by atoms with van der Waals surface area (Å²) < 4.78 is 19.2. The Bertz CT molecular complexity index is 2380. The highest BCUT2D eigenvalue weighted by Crippen LogP contribution is 2.38. The lowest BCUT2D eigenvalue weighted by atomic mass is 9.95. The molecular formula is C68H90N4O5.